The number of rotatable bonds is 2. The number of thiazole rings is 1. The minimum absolute atomic E-state index is 0.0439. The lowest BCUT2D eigenvalue weighted by Gasteiger charge is -2.13. The van der Waals surface area contributed by atoms with E-state index >= 15 is 0 Å². The Morgan fingerprint density at radius 1 is 1.29 bits per heavy atom. The molecule has 4 rings (SSSR count). The van der Waals surface area contributed by atoms with Crippen LogP contribution in [0.3, 0.4) is 0 Å². The van der Waals surface area contributed by atoms with Crippen molar-refractivity contribution < 1.29 is 4.79 Å². The molecule has 0 unspecified atom stereocenters. The molecule has 7 heteroatoms. The second-order valence-corrected chi connectivity index (χ2v) is 8.17. The standard InChI is InChI=1S/C17H18N4OS2/c1-8-6-12-15(9(2)19-8)21-17(23-12)14-11-4-5-18-7-13(11)24-16(14)20-10(3)22/h6,18H,4-5,7H2,1-3H3,(H,20,22). The molecule has 2 N–H and O–H groups in total. The van der Waals surface area contributed by atoms with E-state index in [0.717, 1.165) is 56.7 Å². The average Bonchev–Trinajstić information content (AvgIpc) is 3.06. The first-order valence-electron chi connectivity index (χ1n) is 7.91. The number of anilines is 1. The van der Waals surface area contributed by atoms with Gasteiger partial charge in [-0.1, -0.05) is 0 Å². The number of carbonyl (C=O) groups excluding carboxylic acids is 1. The third-order valence-corrected chi connectivity index (χ3v) is 6.28. The zero-order valence-corrected chi connectivity index (χ0v) is 15.5. The van der Waals surface area contributed by atoms with E-state index in [2.05, 4.69) is 21.7 Å². The average molecular weight is 358 g/mol. The van der Waals surface area contributed by atoms with Gasteiger partial charge in [0.25, 0.3) is 0 Å². The van der Waals surface area contributed by atoms with Crippen LogP contribution in [0.1, 0.15) is 28.8 Å². The van der Waals surface area contributed by atoms with Crippen LogP contribution >= 0.6 is 22.7 Å². The molecule has 4 heterocycles. The Morgan fingerprint density at radius 3 is 2.92 bits per heavy atom. The molecule has 0 bridgehead atoms. The highest BCUT2D eigenvalue weighted by molar-refractivity contribution is 7.23. The van der Waals surface area contributed by atoms with E-state index in [0.29, 0.717) is 0 Å². The Bertz CT molecular complexity index is 957. The molecule has 0 spiro atoms. The largest absolute Gasteiger partial charge is 0.317 e. The second kappa shape index (κ2) is 5.91. The minimum atomic E-state index is -0.0439. The summed E-state index contributed by atoms with van der Waals surface area (Å²) in [6.07, 6.45) is 0.965. The monoisotopic (exact) mass is 358 g/mol. The lowest BCUT2D eigenvalue weighted by Crippen LogP contribution is -2.22. The molecular weight excluding hydrogens is 340 g/mol. The number of amides is 1. The van der Waals surface area contributed by atoms with Crippen molar-refractivity contribution >= 4 is 43.8 Å². The third kappa shape index (κ3) is 2.62. The van der Waals surface area contributed by atoms with Crippen molar-refractivity contribution in [2.75, 3.05) is 11.9 Å². The van der Waals surface area contributed by atoms with Crippen LogP contribution in [0.25, 0.3) is 20.8 Å². The summed E-state index contributed by atoms with van der Waals surface area (Å²) >= 11 is 3.34. The molecule has 124 valence electrons. The number of aromatic nitrogens is 2. The molecular formula is C17H18N4OS2. The maximum absolute atomic E-state index is 11.6. The van der Waals surface area contributed by atoms with Gasteiger partial charge in [-0.15, -0.1) is 22.7 Å². The van der Waals surface area contributed by atoms with Crippen LogP contribution in [0.4, 0.5) is 5.00 Å². The summed E-state index contributed by atoms with van der Waals surface area (Å²) in [6.45, 7) is 7.38. The predicted octanol–water partition coefficient (Wildman–Crippen LogP) is 3.64. The first kappa shape index (κ1) is 15.7. The van der Waals surface area contributed by atoms with Gasteiger partial charge in [0.05, 0.1) is 10.4 Å². The van der Waals surface area contributed by atoms with Crippen LogP contribution in [0, 0.1) is 13.8 Å². The Labute approximate surface area is 148 Å². The van der Waals surface area contributed by atoms with Crippen molar-refractivity contribution in [1.82, 2.24) is 15.3 Å². The molecule has 1 amide bonds. The van der Waals surface area contributed by atoms with E-state index < -0.39 is 0 Å². The van der Waals surface area contributed by atoms with E-state index in [1.807, 2.05) is 13.8 Å². The summed E-state index contributed by atoms with van der Waals surface area (Å²) in [5.74, 6) is -0.0439. The predicted molar refractivity (Wildman–Crippen MR) is 99.9 cm³/mol. The van der Waals surface area contributed by atoms with Crippen molar-refractivity contribution in [3.8, 4) is 10.6 Å². The van der Waals surface area contributed by atoms with Gasteiger partial charge >= 0.3 is 0 Å². The Kier molecular flexibility index (Phi) is 3.86. The van der Waals surface area contributed by atoms with E-state index in [4.69, 9.17) is 4.98 Å². The molecule has 0 fully saturated rings. The number of aryl methyl sites for hydroxylation is 2. The molecule has 0 saturated carbocycles. The van der Waals surface area contributed by atoms with E-state index in [9.17, 15) is 4.79 Å². The fourth-order valence-corrected chi connectivity index (χ4v) is 5.67. The Morgan fingerprint density at radius 2 is 2.12 bits per heavy atom. The number of pyridine rings is 1. The van der Waals surface area contributed by atoms with Crippen molar-refractivity contribution in [3.05, 3.63) is 27.9 Å². The SMILES string of the molecule is CC(=O)Nc1sc2c(c1-c1nc3c(C)nc(C)cc3s1)CCNC2. The van der Waals surface area contributed by atoms with Crippen LogP contribution < -0.4 is 10.6 Å². The number of nitrogens with one attached hydrogen (secondary N) is 2. The van der Waals surface area contributed by atoms with Crippen LogP contribution in [-0.2, 0) is 17.8 Å². The summed E-state index contributed by atoms with van der Waals surface area (Å²) in [7, 11) is 0. The number of hydrogen-bond donors (Lipinski definition) is 2. The molecule has 1 aliphatic rings. The summed E-state index contributed by atoms with van der Waals surface area (Å²) in [5, 5.41) is 8.29. The molecule has 0 radical (unpaired) electrons. The summed E-state index contributed by atoms with van der Waals surface area (Å²) < 4.78 is 1.15. The number of hydrogen-bond acceptors (Lipinski definition) is 6. The van der Waals surface area contributed by atoms with Gasteiger partial charge < -0.3 is 10.6 Å². The van der Waals surface area contributed by atoms with Crippen molar-refractivity contribution in [3.63, 3.8) is 0 Å². The number of carbonyl (C=O) groups is 1. The number of fused-ring (bicyclic) bond motifs is 2. The fourth-order valence-electron chi connectivity index (χ4n) is 3.14. The zero-order chi connectivity index (χ0) is 16.8. The van der Waals surface area contributed by atoms with Crippen LogP contribution in [-0.4, -0.2) is 22.4 Å². The first-order chi connectivity index (χ1) is 11.5. The third-order valence-electron chi connectivity index (χ3n) is 4.11. The van der Waals surface area contributed by atoms with Gasteiger partial charge in [-0.25, -0.2) is 4.98 Å². The smallest absolute Gasteiger partial charge is 0.221 e. The molecule has 0 saturated heterocycles. The van der Waals surface area contributed by atoms with Gasteiger partial charge in [-0.3, -0.25) is 9.78 Å². The van der Waals surface area contributed by atoms with Crippen molar-refractivity contribution in [1.29, 1.82) is 0 Å². The van der Waals surface area contributed by atoms with Crippen molar-refractivity contribution in [2.45, 2.75) is 33.7 Å². The van der Waals surface area contributed by atoms with Gasteiger partial charge in [-0.05, 0) is 38.4 Å². The minimum Gasteiger partial charge on any atom is -0.317 e. The maximum atomic E-state index is 11.6. The van der Waals surface area contributed by atoms with Gasteiger partial charge in [-0.2, -0.15) is 0 Å². The topological polar surface area (TPSA) is 66.9 Å². The maximum Gasteiger partial charge on any atom is 0.221 e. The Balaban J connectivity index is 1.93. The molecule has 24 heavy (non-hydrogen) atoms. The molecule has 3 aromatic rings. The quantitative estimate of drug-likeness (QED) is 0.734. The highest BCUT2D eigenvalue weighted by atomic mass is 32.1. The highest BCUT2D eigenvalue weighted by Crippen LogP contribution is 2.45. The number of nitrogens with zero attached hydrogens (tertiary/aromatic N) is 2. The second-order valence-electron chi connectivity index (χ2n) is 6.03. The summed E-state index contributed by atoms with van der Waals surface area (Å²) in [5.41, 5.74) is 5.35. The number of thiophene rings is 1. The van der Waals surface area contributed by atoms with Gasteiger partial charge in [0.2, 0.25) is 5.91 Å². The van der Waals surface area contributed by atoms with Gasteiger partial charge in [0, 0.05) is 29.6 Å². The first-order valence-corrected chi connectivity index (χ1v) is 9.54. The van der Waals surface area contributed by atoms with Crippen molar-refractivity contribution in [2.24, 2.45) is 0 Å². The molecule has 0 atom stereocenters. The fraction of sp³-hybridized carbons (Fsp3) is 0.353. The van der Waals surface area contributed by atoms with E-state index in [-0.39, 0.29) is 5.91 Å². The van der Waals surface area contributed by atoms with Crippen LogP contribution in [0.5, 0.6) is 0 Å². The highest BCUT2D eigenvalue weighted by Gasteiger charge is 2.24. The van der Waals surface area contributed by atoms with Crippen LogP contribution in [0.15, 0.2) is 6.07 Å². The molecule has 3 aromatic heterocycles. The summed E-state index contributed by atoms with van der Waals surface area (Å²) in [6, 6.07) is 2.09. The Hall–Kier alpha value is -1.83. The lowest BCUT2D eigenvalue weighted by molar-refractivity contribution is -0.114. The molecule has 1 aliphatic heterocycles. The van der Waals surface area contributed by atoms with Crippen LogP contribution in [0.2, 0.25) is 0 Å². The van der Waals surface area contributed by atoms with Gasteiger partial charge in [0.15, 0.2) is 0 Å². The van der Waals surface area contributed by atoms with E-state index in [1.54, 1.807) is 29.6 Å². The lowest BCUT2D eigenvalue weighted by atomic mass is 10.0. The zero-order valence-electron chi connectivity index (χ0n) is 13.8. The molecule has 0 aromatic carbocycles. The summed E-state index contributed by atoms with van der Waals surface area (Å²) in [4.78, 5) is 22.3. The molecule has 0 aliphatic carbocycles. The normalized spacial score (nSPS) is 14.0. The van der Waals surface area contributed by atoms with Gasteiger partial charge in [0.1, 0.15) is 15.5 Å². The van der Waals surface area contributed by atoms with E-state index in [1.165, 1.54) is 10.4 Å². The molecule has 5 nitrogen and oxygen atoms in total.